The van der Waals surface area contributed by atoms with Crippen molar-refractivity contribution < 1.29 is 19.1 Å². The number of ketones is 1. The maximum Gasteiger partial charge on any atom is 0.324 e. The van der Waals surface area contributed by atoms with Crippen LogP contribution < -0.4 is 0 Å². The molecule has 0 aromatic carbocycles. The van der Waals surface area contributed by atoms with Crippen molar-refractivity contribution in [1.29, 1.82) is 0 Å². The third kappa shape index (κ3) is 1.80. The SMILES string of the molecule is COC(=O)C1(C(=O)CC(C)C)COC1. The number of hydrogen-bond donors (Lipinski definition) is 0. The lowest BCUT2D eigenvalue weighted by atomic mass is 9.78. The Morgan fingerprint density at radius 1 is 1.43 bits per heavy atom. The van der Waals surface area contributed by atoms with E-state index in [4.69, 9.17) is 4.74 Å². The van der Waals surface area contributed by atoms with E-state index in [0.29, 0.717) is 6.42 Å². The summed E-state index contributed by atoms with van der Waals surface area (Å²) in [7, 11) is 1.30. The van der Waals surface area contributed by atoms with Gasteiger partial charge < -0.3 is 9.47 Å². The Morgan fingerprint density at radius 3 is 2.29 bits per heavy atom. The zero-order valence-electron chi connectivity index (χ0n) is 8.83. The monoisotopic (exact) mass is 200 g/mol. The average Bonchev–Trinajstić information content (AvgIpc) is 2.00. The highest BCUT2D eigenvalue weighted by Gasteiger charge is 2.53. The molecular formula is C10H16O4. The Kier molecular flexibility index (Phi) is 3.26. The second-order valence-corrected chi connectivity index (χ2v) is 4.09. The number of rotatable bonds is 4. The van der Waals surface area contributed by atoms with Crippen molar-refractivity contribution >= 4 is 11.8 Å². The third-order valence-electron chi connectivity index (χ3n) is 2.40. The molecule has 0 bridgehead atoms. The molecule has 0 spiro atoms. The van der Waals surface area contributed by atoms with Crippen molar-refractivity contribution in [2.24, 2.45) is 11.3 Å². The number of esters is 1. The van der Waals surface area contributed by atoms with E-state index >= 15 is 0 Å². The van der Waals surface area contributed by atoms with Crippen LogP contribution >= 0.6 is 0 Å². The number of ether oxygens (including phenoxy) is 2. The molecular weight excluding hydrogens is 184 g/mol. The van der Waals surface area contributed by atoms with Gasteiger partial charge in [-0.15, -0.1) is 0 Å². The Hall–Kier alpha value is -0.900. The highest BCUT2D eigenvalue weighted by Crippen LogP contribution is 2.32. The first-order chi connectivity index (χ1) is 6.53. The van der Waals surface area contributed by atoms with E-state index in [2.05, 4.69) is 4.74 Å². The van der Waals surface area contributed by atoms with Crippen LogP contribution in [0.3, 0.4) is 0 Å². The quantitative estimate of drug-likeness (QED) is 0.497. The Morgan fingerprint density at radius 2 is 2.00 bits per heavy atom. The third-order valence-corrected chi connectivity index (χ3v) is 2.40. The lowest BCUT2D eigenvalue weighted by Gasteiger charge is -2.37. The fraction of sp³-hybridized carbons (Fsp3) is 0.800. The maximum atomic E-state index is 11.8. The summed E-state index contributed by atoms with van der Waals surface area (Å²) in [6.07, 6.45) is 0.401. The summed E-state index contributed by atoms with van der Waals surface area (Å²) in [5.74, 6) is -0.273. The molecule has 1 rings (SSSR count). The smallest absolute Gasteiger partial charge is 0.324 e. The molecule has 0 amide bonds. The predicted molar refractivity (Wildman–Crippen MR) is 49.7 cm³/mol. The van der Waals surface area contributed by atoms with Gasteiger partial charge in [0.05, 0.1) is 20.3 Å². The van der Waals surface area contributed by atoms with E-state index in [1.807, 2.05) is 13.8 Å². The van der Waals surface area contributed by atoms with Crippen molar-refractivity contribution in [3.8, 4) is 0 Å². The fourth-order valence-corrected chi connectivity index (χ4v) is 1.46. The molecule has 1 saturated heterocycles. The van der Waals surface area contributed by atoms with Crippen LogP contribution in [0.5, 0.6) is 0 Å². The largest absolute Gasteiger partial charge is 0.468 e. The summed E-state index contributed by atoms with van der Waals surface area (Å²) in [6, 6.07) is 0. The van der Waals surface area contributed by atoms with Crippen LogP contribution in [0.15, 0.2) is 0 Å². The number of carbonyl (C=O) groups excluding carboxylic acids is 2. The van der Waals surface area contributed by atoms with E-state index in [1.54, 1.807) is 0 Å². The molecule has 1 fully saturated rings. The molecule has 4 heteroatoms. The van der Waals surface area contributed by atoms with Gasteiger partial charge in [0.2, 0.25) is 0 Å². The fourth-order valence-electron chi connectivity index (χ4n) is 1.46. The molecule has 14 heavy (non-hydrogen) atoms. The van der Waals surface area contributed by atoms with E-state index in [1.165, 1.54) is 7.11 Å². The first-order valence-corrected chi connectivity index (χ1v) is 4.72. The molecule has 0 aromatic heterocycles. The molecule has 1 aliphatic rings. The molecule has 0 aromatic rings. The normalized spacial score (nSPS) is 18.9. The maximum absolute atomic E-state index is 11.8. The topological polar surface area (TPSA) is 52.6 Å². The van der Waals surface area contributed by atoms with E-state index in [-0.39, 0.29) is 24.9 Å². The number of methoxy groups -OCH3 is 1. The predicted octanol–water partition coefficient (Wildman–Crippen LogP) is 0.791. The van der Waals surface area contributed by atoms with Crippen molar-refractivity contribution in [1.82, 2.24) is 0 Å². The molecule has 0 N–H and O–H groups in total. The zero-order valence-corrected chi connectivity index (χ0v) is 8.83. The highest BCUT2D eigenvalue weighted by atomic mass is 16.5. The van der Waals surface area contributed by atoms with Crippen LogP contribution in [0.4, 0.5) is 0 Å². The summed E-state index contributed by atoms with van der Waals surface area (Å²) in [4.78, 5) is 23.2. The van der Waals surface area contributed by atoms with E-state index < -0.39 is 11.4 Å². The van der Waals surface area contributed by atoms with Crippen molar-refractivity contribution in [2.45, 2.75) is 20.3 Å². The molecule has 4 nitrogen and oxygen atoms in total. The van der Waals surface area contributed by atoms with Crippen LogP contribution in [-0.2, 0) is 19.1 Å². The van der Waals surface area contributed by atoms with Gasteiger partial charge in [0.1, 0.15) is 0 Å². The first kappa shape index (κ1) is 11.2. The van der Waals surface area contributed by atoms with Gasteiger partial charge in [-0.1, -0.05) is 13.8 Å². The van der Waals surface area contributed by atoms with Gasteiger partial charge in [-0.25, -0.2) is 0 Å². The molecule has 0 unspecified atom stereocenters. The molecule has 0 atom stereocenters. The Labute approximate surface area is 83.6 Å². The summed E-state index contributed by atoms with van der Waals surface area (Å²) < 4.78 is 9.56. The minimum absolute atomic E-state index is 0.0643. The van der Waals surface area contributed by atoms with Gasteiger partial charge in [-0.2, -0.15) is 0 Å². The summed E-state index contributed by atoms with van der Waals surface area (Å²) in [6.45, 7) is 4.24. The second kappa shape index (κ2) is 4.09. The molecule has 0 radical (unpaired) electrons. The number of Topliss-reactive ketones (excluding diaryl/α,β-unsaturated/α-hetero) is 1. The van der Waals surface area contributed by atoms with Gasteiger partial charge >= 0.3 is 5.97 Å². The molecule has 1 heterocycles. The lowest BCUT2D eigenvalue weighted by molar-refractivity contribution is -0.187. The van der Waals surface area contributed by atoms with Crippen molar-refractivity contribution in [2.75, 3.05) is 20.3 Å². The van der Waals surface area contributed by atoms with Gasteiger partial charge in [0.25, 0.3) is 0 Å². The van der Waals surface area contributed by atoms with E-state index in [0.717, 1.165) is 0 Å². The highest BCUT2D eigenvalue weighted by molar-refractivity contribution is 6.05. The van der Waals surface area contributed by atoms with Crippen molar-refractivity contribution in [3.05, 3.63) is 0 Å². The minimum Gasteiger partial charge on any atom is -0.468 e. The van der Waals surface area contributed by atoms with Crippen LogP contribution in [0.2, 0.25) is 0 Å². The molecule has 0 saturated carbocycles. The average molecular weight is 200 g/mol. The standard InChI is InChI=1S/C10H16O4/c1-7(2)4-8(11)10(5-14-6-10)9(12)13-3/h7H,4-6H2,1-3H3. The van der Waals surface area contributed by atoms with Gasteiger partial charge in [-0.3, -0.25) is 9.59 Å². The van der Waals surface area contributed by atoms with E-state index in [9.17, 15) is 9.59 Å². The number of carbonyl (C=O) groups is 2. The van der Waals surface area contributed by atoms with Crippen LogP contribution in [-0.4, -0.2) is 32.1 Å². The summed E-state index contributed by atoms with van der Waals surface area (Å²) in [5, 5.41) is 0. The molecule has 1 aliphatic heterocycles. The zero-order chi connectivity index (χ0) is 10.8. The first-order valence-electron chi connectivity index (χ1n) is 4.72. The van der Waals surface area contributed by atoms with Gasteiger partial charge in [0.15, 0.2) is 11.2 Å². The van der Waals surface area contributed by atoms with Crippen LogP contribution in [0.1, 0.15) is 20.3 Å². The van der Waals surface area contributed by atoms with Gasteiger partial charge in [0, 0.05) is 6.42 Å². The van der Waals surface area contributed by atoms with Crippen molar-refractivity contribution in [3.63, 3.8) is 0 Å². The van der Waals surface area contributed by atoms with Crippen LogP contribution in [0.25, 0.3) is 0 Å². The summed E-state index contributed by atoms with van der Waals surface area (Å²) >= 11 is 0. The van der Waals surface area contributed by atoms with Gasteiger partial charge in [-0.05, 0) is 5.92 Å². The van der Waals surface area contributed by atoms with Crippen LogP contribution in [0, 0.1) is 11.3 Å². The second-order valence-electron chi connectivity index (χ2n) is 4.09. The molecule has 0 aliphatic carbocycles. The Bertz CT molecular complexity index is 241. The lowest BCUT2D eigenvalue weighted by Crippen LogP contribution is -2.55. The number of hydrogen-bond acceptors (Lipinski definition) is 4. The minimum atomic E-state index is -1.00. The Balaban J connectivity index is 2.70. The summed E-state index contributed by atoms with van der Waals surface area (Å²) in [5.41, 5.74) is -1.00. The molecule has 80 valence electrons.